The third kappa shape index (κ3) is 4.04. The maximum atomic E-state index is 10.8. The number of hydrogen-bond donors (Lipinski definition) is 2. The fourth-order valence-corrected chi connectivity index (χ4v) is 1.43. The van der Waals surface area contributed by atoms with Gasteiger partial charge in [-0.3, -0.25) is 4.79 Å². The minimum atomic E-state index is -0.137. The van der Waals surface area contributed by atoms with E-state index in [-0.39, 0.29) is 24.9 Å². The van der Waals surface area contributed by atoms with E-state index in [4.69, 9.17) is 10.3 Å². The molecule has 7 heteroatoms. The van der Waals surface area contributed by atoms with Crippen LogP contribution in [0.15, 0.2) is 28.8 Å². The van der Waals surface area contributed by atoms with Crippen molar-refractivity contribution < 1.29 is 9.32 Å². The summed E-state index contributed by atoms with van der Waals surface area (Å²) >= 11 is 0. The normalized spacial score (nSPS) is 9.79. The van der Waals surface area contributed by atoms with Gasteiger partial charge in [0, 0.05) is 19.0 Å². The van der Waals surface area contributed by atoms with Crippen molar-refractivity contribution in [2.24, 2.45) is 5.73 Å². The molecule has 2 aromatic rings. The first-order valence-corrected chi connectivity index (χ1v) is 5.55. The molecule has 0 atom stereocenters. The lowest BCUT2D eigenvalue weighted by Gasteiger charge is -1.97. The Labute approximate surface area is 116 Å². The van der Waals surface area contributed by atoms with Crippen LogP contribution in [0.3, 0.4) is 0 Å². The van der Waals surface area contributed by atoms with Crippen LogP contribution in [0.1, 0.15) is 18.4 Å². The molecule has 1 aromatic heterocycles. The summed E-state index contributed by atoms with van der Waals surface area (Å²) in [5.41, 5.74) is 7.41. The standard InChI is InChI=1S/C12H14N4O2.ClH/c1-8(17)14-7-11-15-12(16-18-11)10-4-2-9(6-13)3-5-10;/h2-5H,6-7,13H2,1H3,(H,14,17);1H. The molecule has 6 nitrogen and oxygen atoms in total. The van der Waals surface area contributed by atoms with Gasteiger partial charge in [0.2, 0.25) is 17.6 Å². The molecule has 3 N–H and O–H groups in total. The highest BCUT2D eigenvalue weighted by atomic mass is 35.5. The average molecular weight is 283 g/mol. The van der Waals surface area contributed by atoms with E-state index < -0.39 is 0 Å². The second kappa shape index (κ2) is 6.86. The van der Waals surface area contributed by atoms with Crippen LogP contribution in [0.25, 0.3) is 11.4 Å². The molecule has 0 aliphatic heterocycles. The van der Waals surface area contributed by atoms with E-state index in [9.17, 15) is 4.79 Å². The van der Waals surface area contributed by atoms with Crippen LogP contribution >= 0.6 is 12.4 Å². The first kappa shape index (κ1) is 15.1. The van der Waals surface area contributed by atoms with E-state index in [2.05, 4.69) is 15.5 Å². The number of benzene rings is 1. The Kier molecular flexibility index (Phi) is 5.47. The minimum Gasteiger partial charge on any atom is -0.347 e. The largest absolute Gasteiger partial charge is 0.347 e. The van der Waals surface area contributed by atoms with Crippen LogP contribution in [-0.2, 0) is 17.9 Å². The number of carbonyl (C=O) groups excluding carboxylic acids is 1. The molecule has 0 radical (unpaired) electrons. The Balaban J connectivity index is 0.00000180. The van der Waals surface area contributed by atoms with Crippen molar-refractivity contribution in [2.75, 3.05) is 0 Å². The maximum Gasteiger partial charge on any atom is 0.246 e. The summed E-state index contributed by atoms with van der Waals surface area (Å²) in [5, 5.41) is 6.44. The van der Waals surface area contributed by atoms with Crippen molar-refractivity contribution in [3.8, 4) is 11.4 Å². The minimum absolute atomic E-state index is 0. The van der Waals surface area contributed by atoms with Crippen molar-refractivity contribution in [3.05, 3.63) is 35.7 Å². The van der Waals surface area contributed by atoms with Crippen LogP contribution < -0.4 is 11.1 Å². The van der Waals surface area contributed by atoms with Gasteiger partial charge >= 0.3 is 0 Å². The number of carbonyl (C=O) groups is 1. The monoisotopic (exact) mass is 282 g/mol. The second-order valence-corrected chi connectivity index (χ2v) is 3.82. The summed E-state index contributed by atoms with van der Waals surface area (Å²) in [6.07, 6.45) is 0. The Morgan fingerprint density at radius 2 is 2.05 bits per heavy atom. The molecule has 1 aromatic carbocycles. The lowest BCUT2D eigenvalue weighted by atomic mass is 10.1. The highest BCUT2D eigenvalue weighted by molar-refractivity contribution is 5.85. The lowest BCUT2D eigenvalue weighted by Crippen LogP contribution is -2.18. The van der Waals surface area contributed by atoms with Gasteiger partial charge in [0.1, 0.15) is 0 Å². The molecule has 0 spiro atoms. The summed E-state index contributed by atoms with van der Waals surface area (Å²) in [5.74, 6) is 0.740. The molecule has 2 rings (SSSR count). The fraction of sp³-hybridized carbons (Fsp3) is 0.250. The van der Waals surface area contributed by atoms with Crippen molar-refractivity contribution in [2.45, 2.75) is 20.0 Å². The number of rotatable bonds is 4. The van der Waals surface area contributed by atoms with Gasteiger partial charge in [-0.15, -0.1) is 12.4 Å². The van der Waals surface area contributed by atoms with Gasteiger partial charge in [0.15, 0.2) is 0 Å². The molecule has 19 heavy (non-hydrogen) atoms. The van der Waals surface area contributed by atoms with Crippen molar-refractivity contribution in [1.82, 2.24) is 15.5 Å². The predicted octanol–water partition coefficient (Wildman–Crippen LogP) is 1.25. The molecule has 102 valence electrons. The molecular formula is C12H15ClN4O2. The highest BCUT2D eigenvalue weighted by Crippen LogP contribution is 2.16. The smallest absolute Gasteiger partial charge is 0.246 e. The number of nitrogens with one attached hydrogen (secondary N) is 1. The number of nitrogens with zero attached hydrogens (tertiary/aromatic N) is 2. The van der Waals surface area contributed by atoms with Gasteiger partial charge in [-0.25, -0.2) is 0 Å². The van der Waals surface area contributed by atoms with Crippen molar-refractivity contribution in [1.29, 1.82) is 0 Å². The van der Waals surface area contributed by atoms with E-state index in [1.807, 2.05) is 24.3 Å². The van der Waals surface area contributed by atoms with Gasteiger partial charge in [0.05, 0.1) is 6.54 Å². The zero-order chi connectivity index (χ0) is 13.0. The van der Waals surface area contributed by atoms with Crippen LogP contribution in [0, 0.1) is 0 Å². The molecule has 0 saturated heterocycles. The molecular weight excluding hydrogens is 268 g/mol. The van der Waals surface area contributed by atoms with Crippen LogP contribution in [-0.4, -0.2) is 16.0 Å². The Morgan fingerprint density at radius 3 is 2.63 bits per heavy atom. The number of hydrogen-bond acceptors (Lipinski definition) is 5. The van der Waals surface area contributed by atoms with Gasteiger partial charge in [0.25, 0.3) is 0 Å². The quantitative estimate of drug-likeness (QED) is 0.880. The molecule has 1 heterocycles. The summed E-state index contributed by atoms with van der Waals surface area (Å²) in [4.78, 5) is 14.9. The Hall–Kier alpha value is -1.92. The fourth-order valence-electron chi connectivity index (χ4n) is 1.43. The van der Waals surface area contributed by atoms with Crippen molar-refractivity contribution >= 4 is 18.3 Å². The zero-order valence-corrected chi connectivity index (χ0v) is 11.2. The first-order chi connectivity index (χ1) is 8.69. The molecule has 1 amide bonds. The predicted molar refractivity (Wildman–Crippen MR) is 72.4 cm³/mol. The van der Waals surface area contributed by atoms with Crippen LogP contribution in [0.5, 0.6) is 0 Å². The number of aromatic nitrogens is 2. The molecule has 0 aliphatic carbocycles. The third-order valence-corrected chi connectivity index (χ3v) is 2.40. The van der Waals surface area contributed by atoms with E-state index in [0.717, 1.165) is 11.1 Å². The molecule has 0 unspecified atom stereocenters. The van der Waals surface area contributed by atoms with E-state index >= 15 is 0 Å². The molecule has 0 bridgehead atoms. The summed E-state index contributed by atoms with van der Waals surface area (Å²) in [6, 6.07) is 7.60. The van der Waals surface area contributed by atoms with E-state index in [0.29, 0.717) is 18.3 Å². The summed E-state index contributed by atoms with van der Waals surface area (Å²) in [7, 11) is 0. The third-order valence-electron chi connectivity index (χ3n) is 2.40. The molecule has 0 saturated carbocycles. The van der Waals surface area contributed by atoms with E-state index in [1.165, 1.54) is 6.92 Å². The Bertz CT molecular complexity index is 539. The number of halogens is 1. The SMILES string of the molecule is CC(=O)NCc1nc(-c2ccc(CN)cc2)no1.Cl. The summed E-state index contributed by atoms with van der Waals surface area (Å²) in [6.45, 7) is 2.17. The first-order valence-electron chi connectivity index (χ1n) is 5.55. The molecule has 0 aliphatic rings. The Morgan fingerprint density at radius 1 is 1.37 bits per heavy atom. The zero-order valence-electron chi connectivity index (χ0n) is 10.4. The highest BCUT2D eigenvalue weighted by Gasteiger charge is 2.08. The average Bonchev–Trinajstić information content (AvgIpc) is 2.85. The van der Waals surface area contributed by atoms with E-state index in [1.54, 1.807) is 0 Å². The number of nitrogens with two attached hydrogens (primary N) is 1. The van der Waals surface area contributed by atoms with Crippen LogP contribution in [0.4, 0.5) is 0 Å². The topological polar surface area (TPSA) is 94.0 Å². The van der Waals surface area contributed by atoms with Gasteiger partial charge in [-0.2, -0.15) is 4.98 Å². The maximum absolute atomic E-state index is 10.8. The lowest BCUT2D eigenvalue weighted by molar-refractivity contribution is -0.119. The van der Waals surface area contributed by atoms with Gasteiger partial charge < -0.3 is 15.6 Å². The molecule has 0 fully saturated rings. The van der Waals surface area contributed by atoms with Gasteiger partial charge in [-0.1, -0.05) is 29.4 Å². The summed E-state index contributed by atoms with van der Waals surface area (Å²) < 4.78 is 5.03. The van der Waals surface area contributed by atoms with Crippen LogP contribution in [0.2, 0.25) is 0 Å². The number of amides is 1. The second-order valence-electron chi connectivity index (χ2n) is 3.82. The van der Waals surface area contributed by atoms with Crippen molar-refractivity contribution in [3.63, 3.8) is 0 Å². The van der Waals surface area contributed by atoms with Gasteiger partial charge in [-0.05, 0) is 5.56 Å².